The molecule has 0 bridgehead atoms. The van der Waals surface area contributed by atoms with Crippen molar-refractivity contribution in [2.24, 2.45) is 7.05 Å². The fourth-order valence-electron chi connectivity index (χ4n) is 3.79. The van der Waals surface area contributed by atoms with Crippen molar-refractivity contribution in [1.82, 2.24) is 14.6 Å². The van der Waals surface area contributed by atoms with Crippen molar-refractivity contribution < 1.29 is 27.1 Å². The molecule has 4 rings (SSSR count). The number of carbonyl (C=O) groups excluding carboxylic acids is 1. The molecule has 0 spiro atoms. The highest BCUT2D eigenvalue weighted by Gasteiger charge is 2.31. The monoisotopic (exact) mass is 671 g/mol. The molecule has 0 saturated heterocycles. The average Bonchev–Trinajstić information content (AvgIpc) is 3.70. The van der Waals surface area contributed by atoms with Crippen LogP contribution in [0.15, 0.2) is 41.2 Å². The Kier molecular flexibility index (Phi) is 8.37. The van der Waals surface area contributed by atoms with Crippen molar-refractivity contribution >= 4 is 55.9 Å². The van der Waals surface area contributed by atoms with E-state index in [2.05, 4.69) is 20.1 Å². The molecule has 0 unspecified atom stereocenters. The smallest absolute Gasteiger partial charge is 0.298 e. The number of amides is 1. The number of methoxy groups -OCH3 is 1. The highest BCUT2D eigenvalue weighted by Crippen LogP contribution is 2.41. The van der Waals surface area contributed by atoms with Gasteiger partial charge < -0.3 is 20.1 Å². The minimum atomic E-state index is -3.89. The van der Waals surface area contributed by atoms with Crippen LogP contribution in [0.25, 0.3) is 0 Å². The SMILES string of the molecule is CNS(=O)(=O)Nc1cccc(Oc2c(C(=O)NC3CC3)c(Nc3ccc(I)cc3F)n(C)c(=O)c2C)c1OC. The minimum Gasteiger partial charge on any atom is -0.491 e. The van der Waals surface area contributed by atoms with E-state index in [4.69, 9.17) is 9.47 Å². The number of carbonyl (C=O) groups is 1. The predicted octanol–water partition coefficient (Wildman–Crippen LogP) is 3.75. The Morgan fingerprint density at radius 1 is 1.15 bits per heavy atom. The number of benzene rings is 2. The van der Waals surface area contributed by atoms with Gasteiger partial charge in [-0.3, -0.25) is 18.9 Å². The molecule has 1 aliphatic rings. The van der Waals surface area contributed by atoms with Crippen LogP contribution in [0.1, 0.15) is 28.8 Å². The third-order valence-corrected chi connectivity index (χ3v) is 7.69. The van der Waals surface area contributed by atoms with E-state index in [1.165, 1.54) is 63.0 Å². The lowest BCUT2D eigenvalue weighted by Crippen LogP contribution is -2.31. The van der Waals surface area contributed by atoms with Crippen molar-refractivity contribution in [2.45, 2.75) is 25.8 Å². The number of aromatic nitrogens is 1. The van der Waals surface area contributed by atoms with Gasteiger partial charge >= 0.3 is 0 Å². The number of ether oxygens (including phenoxy) is 2. The summed E-state index contributed by atoms with van der Waals surface area (Å²) in [5.41, 5.74) is -0.290. The molecule has 1 saturated carbocycles. The molecule has 0 radical (unpaired) electrons. The second-order valence-electron chi connectivity index (χ2n) is 8.79. The van der Waals surface area contributed by atoms with E-state index in [0.29, 0.717) is 3.57 Å². The van der Waals surface area contributed by atoms with Gasteiger partial charge in [0.2, 0.25) is 0 Å². The molecule has 1 amide bonds. The minimum absolute atomic E-state index is 0.0168. The van der Waals surface area contributed by atoms with Gasteiger partial charge in [-0.2, -0.15) is 8.42 Å². The number of pyridine rings is 1. The Morgan fingerprint density at radius 3 is 2.49 bits per heavy atom. The summed E-state index contributed by atoms with van der Waals surface area (Å²) in [7, 11) is 0.142. The average molecular weight is 671 g/mol. The normalized spacial score (nSPS) is 13.1. The lowest BCUT2D eigenvalue weighted by atomic mass is 10.1. The van der Waals surface area contributed by atoms with E-state index in [-0.39, 0.29) is 51.6 Å². The maximum Gasteiger partial charge on any atom is 0.298 e. The number of hydrogen-bond acceptors (Lipinski definition) is 7. The molecule has 1 heterocycles. The number of nitrogens with zero attached hydrogens (tertiary/aromatic N) is 1. The van der Waals surface area contributed by atoms with Crippen LogP contribution in [0.5, 0.6) is 17.2 Å². The molecule has 208 valence electrons. The van der Waals surface area contributed by atoms with Crippen LogP contribution in [0.2, 0.25) is 0 Å². The largest absolute Gasteiger partial charge is 0.491 e. The molecular formula is C25H27FIN5O6S. The van der Waals surface area contributed by atoms with Crippen LogP contribution in [0.3, 0.4) is 0 Å². The van der Waals surface area contributed by atoms with Gasteiger partial charge in [0.25, 0.3) is 21.7 Å². The van der Waals surface area contributed by atoms with Crippen LogP contribution >= 0.6 is 22.6 Å². The van der Waals surface area contributed by atoms with E-state index in [9.17, 15) is 22.4 Å². The van der Waals surface area contributed by atoms with E-state index >= 15 is 0 Å². The number of nitrogens with one attached hydrogen (secondary N) is 4. The number of hydrogen-bond donors (Lipinski definition) is 4. The first-order valence-corrected chi connectivity index (χ1v) is 14.3. The fourth-order valence-corrected chi connectivity index (χ4v) is 4.80. The summed E-state index contributed by atoms with van der Waals surface area (Å²) < 4.78 is 57.0. The van der Waals surface area contributed by atoms with Crippen molar-refractivity contribution in [3.05, 3.63) is 67.3 Å². The van der Waals surface area contributed by atoms with E-state index < -0.39 is 27.5 Å². The Morgan fingerprint density at radius 2 is 1.87 bits per heavy atom. The second kappa shape index (κ2) is 11.4. The molecular weight excluding hydrogens is 644 g/mol. The molecule has 2 aromatic carbocycles. The molecule has 14 heteroatoms. The van der Waals surface area contributed by atoms with Gasteiger partial charge in [-0.25, -0.2) is 9.11 Å². The summed E-state index contributed by atoms with van der Waals surface area (Å²) >= 11 is 1.98. The molecule has 4 N–H and O–H groups in total. The number of rotatable bonds is 10. The molecule has 0 atom stereocenters. The molecule has 1 aliphatic carbocycles. The summed E-state index contributed by atoms with van der Waals surface area (Å²) in [5, 5.41) is 5.79. The summed E-state index contributed by atoms with van der Waals surface area (Å²) in [6.45, 7) is 1.50. The maximum absolute atomic E-state index is 14.8. The first-order valence-electron chi connectivity index (χ1n) is 11.8. The molecule has 11 nitrogen and oxygen atoms in total. The first kappa shape index (κ1) is 28.6. The van der Waals surface area contributed by atoms with Gasteiger partial charge in [0.15, 0.2) is 17.2 Å². The summed E-state index contributed by atoms with van der Waals surface area (Å²) in [6.07, 6.45) is 1.62. The zero-order valence-electron chi connectivity index (χ0n) is 21.5. The fraction of sp³-hybridized carbons (Fsp3) is 0.280. The first-order chi connectivity index (χ1) is 18.5. The lowest BCUT2D eigenvalue weighted by Gasteiger charge is -2.22. The van der Waals surface area contributed by atoms with Crippen LogP contribution in [0, 0.1) is 16.3 Å². The van der Waals surface area contributed by atoms with Crippen molar-refractivity contribution in [3.8, 4) is 17.2 Å². The van der Waals surface area contributed by atoms with Gasteiger partial charge in [-0.15, -0.1) is 0 Å². The highest BCUT2D eigenvalue weighted by molar-refractivity contribution is 14.1. The molecule has 39 heavy (non-hydrogen) atoms. The van der Waals surface area contributed by atoms with E-state index in [1.807, 2.05) is 22.6 Å². The molecule has 0 aliphatic heterocycles. The molecule has 1 fully saturated rings. The number of anilines is 3. The summed E-state index contributed by atoms with van der Waals surface area (Å²) in [5.74, 6) is -1.11. The van der Waals surface area contributed by atoms with Crippen LogP contribution in [-0.4, -0.2) is 39.1 Å². The Bertz CT molecular complexity index is 1610. The predicted molar refractivity (Wildman–Crippen MR) is 154 cm³/mol. The zero-order valence-corrected chi connectivity index (χ0v) is 24.5. The molecule has 1 aromatic heterocycles. The Hall–Kier alpha value is -3.37. The highest BCUT2D eigenvalue weighted by atomic mass is 127. The van der Waals surface area contributed by atoms with E-state index in [1.54, 1.807) is 6.07 Å². The van der Waals surface area contributed by atoms with Crippen molar-refractivity contribution in [1.29, 1.82) is 0 Å². The maximum atomic E-state index is 14.8. The summed E-state index contributed by atoms with van der Waals surface area (Å²) in [6, 6.07) is 8.96. The number of halogens is 2. The van der Waals surface area contributed by atoms with Gasteiger partial charge in [-0.05, 0) is 72.7 Å². The lowest BCUT2D eigenvalue weighted by molar-refractivity contribution is 0.0948. The topological polar surface area (TPSA) is 140 Å². The molecule has 3 aromatic rings. The van der Waals surface area contributed by atoms with Gasteiger partial charge in [0.05, 0.1) is 24.0 Å². The Labute approximate surface area is 238 Å². The van der Waals surface area contributed by atoms with Gasteiger partial charge in [0.1, 0.15) is 17.2 Å². The quantitative estimate of drug-likeness (QED) is 0.241. The third kappa shape index (κ3) is 6.28. The third-order valence-electron chi connectivity index (χ3n) is 6.00. The van der Waals surface area contributed by atoms with Crippen molar-refractivity contribution in [2.75, 3.05) is 24.2 Å². The Balaban J connectivity index is 1.89. The number of para-hydroxylation sites is 1. The standard InChI is InChI=1S/C25H27FIN5O6S/c1-13-21(38-19-7-5-6-18(22(19)37-4)31-39(35,36)28-2)20(24(33)29-15-9-10-15)23(32(3)25(13)34)30-17-11-8-14(27)12-16(17)26/h5-8,11-12,15,28,30-31H,9-10H2,1-4H3,(H,29,33). The van der Waals surface area contributed by atoms with Crippen LogP contribution in [0.4, 0.5) is 21.6 Å². The van der Waals surface area contributed by atoms with Gasteiger partial charge in [0, 0.05) is 23.7 Å². The van der Waals surface area contributed by atoms with Gasteiger partial charge in [-0.1, -0.05) is 6.07 Å². The van der Waals surface area contributed by atoms with E-state index in [0.717, 1.165) is 12.8 Å². The summed E-state index contributed by atoms with van der Waals surface area (Å²) in [4.78, 5) is 26.8. The zero-order chi connectivity index (χ0) is 28.5. The van der Waals surface area contributed by atoms with Crippen LogP contribution < -0.4 is 35.1 Å². The second-order valence-corrected chi connectivity index (χ2v) is 11.7. The van der Waals surface area contributed by atoms with Crippen molar-refractivity contribution in [3.63, 3.8) is 0 Å². The van der Waals surface area contributed by atoms with Crippen LogP contribution in [-0.2, 0) is 17.3 Å².